The molecular formula is C32H27Cl2N5O. The van der Waals surface area contributed by atoms with Gasteiger partial charge in [0.1, 0.15) is 0 Å². The number of hydrogen-bond acceptors (Lipinski definition) is 4. The summed E-state index contributed by atoms with van der Waals surface area (Å²) < 4.78 is 1.76. The normalized spacial score (nSPS) is 14.7. The van der Waals surface area contributed by atoms with Crippen LogP contribution in [-0.4, -0.2) is 56.9 Å². The van der Waals surface area contributed by atoms with Crippen molar-refractivity contribution in [2.24, 2.45) is 0 Å². The number of amides is 1. The van der Waals surface area contributed by atoms with Gasteiger partial charge in [0.2, 0.25) is 0 Å². The van der Waals surface area contributed by atoms with Gasteiger partial charge in [-0.05, 0) is 59.7 Å². The molecule has 40 heavy (non-hydrogen) atoms. The second kappa shape index (κ2) is 11.6. The summed E-state index contributed by atoms with van der Waals surface area (Å²) in [6.45, 7) is 2.82. The number of hydrogen-bond donors (Lipinski definition) is 0. The van der Waals surface area contributed by atoms with Gasteiger partial charge in [0.15, 0.2) is 0 Å². The monoisotopic (exact) mass is 567 g/mol. The topological polar surface area (TPSA) is 54.3 Å². The summed E-state index contributed by atoms with van der Waals surface area (Å²) in [7, 11) is 0. The summed E-state index contributed by atoms with van der Waals surface area (Å²) in [6.07, 6.45) is 1.72. The van der Waals surface area contributed by atoms with E-state index in [1.807, 2.05) is 77.7 Å². The highest BCUT2D eigenvalue weighted by molar-refractivity contribution is 6.30. The maximum absolute atomic E-state index is 13.4. The van der Waals surface area contributed by atoms with Crippen LogP contribution < -0.4 is 0 Å². The zero-order valence-corrected chi connectivity index (χ0v) is 23.2. The molecule has 0 spiro atoms. The Bertz CT molecular complexity index is 1590. The molecule has 0 saturated carbocycles. The molecule has 0 radical (unpaired) electrons. The fraction of sp³-hybridized carbons (Fsp3) is 0.156. The molecule has 1 aliphatic rings. The van der Waals surface area contributed by atoms with Crippen molar-refractivity contribution in [3.05, 3.63) is 136 Å². The number of halogens is 2. The summed E-state index contributed by atoms with van der Waals surface area (Å²) in [5.41, 5.74) is 5.65. The van der Waals surface area contributed by atoms with E-state index < -0.39 is 0 Å². The minimum absolute atomic E-state index is 0.0294. The van der Waals surface area contributed by atoms with Gasteiger partial charge in [0.05, 0.1) is 23.6 Å². The third-order valence-corrected chi connectivity index (χ3v) is 7.78. The van der Waals surface area contributed by atoms with Gasteiger partial charge in [0, 0.05) is 47.4 Å². The molecule has 6 nitrogen and oxygen atoms in total. The number of carbonyl (C=O) groups excluding carboxylic acids is 1. The fourth-order valence-electron chi connectivity index (χ4n) is 5.28. The average molecular weight is 569 g/mol. The van der Waals surface area contributed by atoms with Crippen molar-refractivity contribution in [3.8, 4) is 16.9 Å². The summed E-state index contributed by atoms with van der Waals surface area (Å²) in [6, 6.07) is 33.7. The van der Waals surface area contributed by atoms with Gasteiger partial charge in [-0.15, -0.1) is 5.10 Å². The largest absolute Gasteiger partial charge is 0.336 e. The lowest BCUT2D eigenvalue weighted by molar-refractivity contribution is 0.0597. The second-order valence-corrected chi connectivity index (χ2v) is 10.7. The van der Waals surface area contributed by atoms with Crippen molar-refractivity contribution in [2.45, 2.75) is 6.04 Å². The van der Waals surface area contributed by atoms with Gasteiger partial charge in [-0.25, -0.2) is 4.68 Å². The molecule has 0 N–H and O–H groups in total. The first kappa shape index (κ1) is 26.3. The summed E-state index contributed by atoms with van der Waals surface area (Å²) in [4.78, 5) is 17.8. The first-order chi connectivity index (χ1) is 19.6. The van der Waals surface area contributed by atoms with Crippen LogP contribution in [-0.2, 0) is 0 Å². The molecule has 0 bridgehead atoms. The highest BCUT2D eigenvalue weighted by Crippen LogP contribution is 2.31. The molecule has 200 valence electrons. The number of piperazine rings is 1. The van der Waals surface area contributed by atoms with Gasteiger partial charge in [-0.3, -0.25) is 9.69 Å². The molecule has 0 unspecified atom stereocenters. The van der Waals surface area contributed by atoms with E-state index in [4.69, 9.17) is 23.2 Å². The minimum Gasteiger partial charge on any atom is -0.336 e. The number of benzene rings is 4. The third-order valence-electron chi connectivity index (χ3n) is 7.29. The predicted molar refractivity (Wildman–Crippen MR) is 159 cm³/mol. The molecule has 6 rings (SSSR count). The second-order valence-electron chi connectivity index (χ2n) is 9.78. The molecule has 1 atom stereocenters. The van der Waals surface area contributed by atoms with E-state index >= 15 is 0 Å². The Kier molecular flexibility index (Phi) is 7.64. The highest BCUT2D eigenvalue weighted by Gasteiger charge is 2.28. The van der Waals surface area contributed by atoms with Crippen molar-refractivity contribution in [3.63, 3.8) is 0 Å². The zero-order valence-electron chi connectivity index (χ0n) is 21.7. The predicted octanol–water partition coefficient (Wildman–Crippen LogP) is 6.79. The smallest absolute Gasteiger partial charge is 0.253 e. The lowest BCUT2D eigenvalue weighted by Crippen LogP contribution is -2.49. The van der Waals surface area contributed by atoms with E-state index in [1.165, 1.54) is 5.56 Å². The molecule has 8 heteroatoms. The van der Waals surface area contributed by atoms with Crippen molar-refractivity contribution in [2.75, 3.05) is 26.2 Å². The maximum atomic E-state index is 13.4. The lowest BCUT2D eigenvalue weighted by Gasteiger charge is -2.40. The lowest BCUT2D eigenvalue weighted by atomic mass is 9.96. The Morgan fingerprint density at radius 1 is 0.725 bits per heavy atom. The van der Waals surface area contributed by atoms with Crippen LogP contribution in [0, 0.1) is 0 Å². The third kappa shape index (κ3) is 5.52. The Hall–Kier alpha value is -3.97. The zero-order chi connectivity index (χ0) is 27.5. The molecule has 1 fully saturated rings. The fourth-order valence-corrected chi connectivity index (χ4v) is 5.61. The molecule has 0 aliphatic carbocycles. The maximum Gasteiger partial charge on any atom is 0.253 e. The molecule has 1 amide bonds. The van der Waals surface area contributed by atoms with Crippen LogP contribution in [0.3, 0.4) is 0 Å². The van der Waals surface area contributed by atoms with Crippen molar-refractivity contribution in [1.29, 1.82) is 0 Å². The molecule has 1 aliphatic heterocycles. The molecule has 5 aromatic rings. The number of aromatic nitrogens is 3. The number of carbonyl (C=O) groups is 1. The highest BCUT2D eigenvalue weighted by atomic mass is 35.5. The number of rotatable bonds is 6. The SMILES string of the molecule is O=C(c1ccc(-n2nncc2-c2ccc(Cl)cc2)cc1)N1CCN([C@H](c2ccccc2)c2cccc(Cl)c2)CC1. The first-order valence-electron chi connectivity index (χ1n) is 13.2. The van der Waals surface area contributed by atoms with Gasteiger partial charge >= 0.3 is 0 Å². The van der Waals surface area contributed by atoms with E-state index in [-0.39, 0.29) is 11.9 Å². The molecule has 2 heterocycles. The van der Waals surface area contributed by atoms with Crippen molar-refractivity contribution >= 4 is 29.1 Å². The van der Waals surface area contributed by atoms with Crippen LogP contribution in [0.5, 0.6) is 0 Å². The van der Waals surface area contributed by atoms with E-state index in [0.717, 1.165) is 40.6 Å². The quantitative estimate of drug-likeness (QED) is 0.227. The van der Waals surface area contributed by atoms with Crippen LogP contribution in [0.4, 0.5) is 0 Å². The van der Waals surface area contributed by atoms with E-state index in [1.54, 1.807) is 10.9 Å². The number of nitrogens with zero attached hydrogens (tertiary/aromatic N) is 5. The summed E-state index contributed by atoms with van der Waals surface area (Å²) in [5.74, 6) is 0.0294. The van der Waals surface area contributed by atoms with Crippen LogP contribution in [0.1, 0.15) is 27.5 Å². The summed E-state index contributed by atoms with van der Waals surface area (Å²) >= 11 is 12.4. The minimum atomic E-state index is 0.0294. The molecule has 1 saturated heterocycles. The molecule has 4 aromatic carbocycles. The Labute approximate surface area is 243 Å². The standard InChI is InChI=1S/C32H27Cl2N5O/c33-27-13-9-23(10-14-27)30-22-35-36-39(30)29-15-11-25(12-16-29)32(40)38-19-17-37(18-20-38)31(24-5-2-1-3-6-24)26-7-4-8-28(34)21-26/h1-16,21-22,31H,17-20H2/t31-/m1/s1. The molecule has 1 aromatic heterocycles. The van der Waals surface area contributed by atoms with E-state index in [0.29, 0.717) is 23.7 Å². The Balaban J connectivity index is 1.16. The van der Waals surface area contributed by atoms with Crippen LogP contribution in [0.15, 0.2) is 109 Å². The first-order valence-corrected chi connectivity index (χ1v) is 13.9. The van der Waals surface area contributed by atoms with Gasteiger partial charge in [0.25, 0.3) is 5.91 Å². The van der Waals surface area contributed by atoms with Crippen LogP contribution in [0.25, 0.3) is 16.9 Å². The van der Waals surface area contributed by atoms with Gasteiger partial charge in [-0.2, -0.15) is 0 Å². The van der Waals surface area contributed by atoms with Crippen LogP contribution in [0.2, 0.25) is 10.0 Å². The van der Waals surface area contributed by atoms with Gasteiger partial charge in [-0.1, -0.05) is 83.0 Å². The van der Waals surface area contributed by atoms with Crippen molar-refractivity contribution < 1.29 is 4.79 Å². The van der Waals surface area contributed by atoms with Gasteiger partial charge < -0.3 is 4.90 Å². The average Bonchev–Trinajstić information content (AvgIpc) is 3.49. The Morgan fingerprint density at radius 2 is 1.43 bits per heavy atom. The Morgan fingerprint density at radius 3 is 2.12 bits per heavy atom. The molecular weight excluding hydrogens is 541 g/mol. The summed E-state index contributed by atoms with van der Waals surface area (Å²) in [5, 5.41) is 9.74. The van der Waals surface area contributed by atoms with E-state index in [2.05, 4.69) is 45.5 Å². The van der Waals surface area contributed by atoms with Crippen molar-refractivity contribution in [1.82, 2.24) is 24.8 Å². The van der Waals surface area contributed by atoms with Crippen LogP contribution >= 0.6 is 23.2 Å². The van der Waals surface area contributed by atoms with E-state index in [9.17, 15) is 4.79 Å².